The Morgan fingerprint density at radius 3 is 2.27 bits per heavy atom. The molecule has 2 heteroatoms. The lowest BCUT2D eigenvalue weighted by atomic mass is 10.2. The predicted molar refractivity (Wildman–Crippen MR) is 50.0 cm³/mol. The highest BCUT2D eigenvalue weighted by atomic mass is 15.2. The van der Waals surface area contributed by atoms with E-state index in [0.717, 1.165) is 11.3 Å². The van der Waals surface area contributed by atoms with Crippen LogP contribution in [0.5, 0.6) is 0 Å². The molecule has 0 heterocycles. The fourth-order valence-electron chi connectivity index (χ4n) is 0.780. The van der Waals surface area contributed by atoms with Gasteiger partial charge in [-0.2, -0.15) is 0 Å². The van der Waals surface area contributed by atoms with E-state index < -0.39 is 0 Å². The predicted octanol–water partition coefficient (Wildman–Crippen LogP) is 1.70. The maximum absolute atomic E-state index is 5.67. The monoisotopic (exact) mass is 154 g/mol. The van der Waals surface area contributed by atoms with Crippen LogP contribution in [0.2, 0.25) is 0 Å². The Bertz CT molecular complexity index is 168. The van der Waals surface area contributed by atoms with Gasteiger partial charge in [0.25, 0.3) is 0 Å². The van der Waals surface area contributed by atoms with Gasteiger partial charge < -0.3 is 10.6 Å². The zero-order valence-corrected chi connectivity index (χ0v) is 7.89. The van der Waals surface area contributed by atoms with E-state index in [-0.39, 0.29) is 6.17 Å². The summed E-state index contributed by atoms with van der Waals surface area (Å²) in [5.74, 6) is 0. The highest BCUT2D eigenvalue weighted by molar-refractivity contribution is 5.16. The standard InChI is InChI=1S/C9H18N2/c1-7(2)6-8(3)11(5)9(4)10/h6,9H,1,10H2,2-5H3/b8-6-. The molecule has 64 valence electrons. The second-order valence-corrected chi connectivity index (χ2v) is 2.98. The Morgan fingerprint density at radius 1 is 1.55 bits per heavy atom. The summed E-state index contributed by atoms with van der Waals surface area (Å²) in [6, 6.07) is 0. The number of allylic oxidation sites excluding steroid dienone is 3. The smallest absolute Gasteiger partial charge is 0.0735 e. The Balaban J connectivity index is 4.23. The molecule has 0 fully saturated rings. The second-order valence-electron chi connectivity index (χ2n) is 2.98. The molecule has 0 bridgehead atoms. The van der Waals surface area contributed by atoms with Gasteiger partial charge in [0, 0.05) is 12.7 Å². The molecule has 2 nitrogen and oxygen atoms in total. The summed E-state index contributed by atoms with van der Waals surface area (Å²) < 4.78 is 0. The average Bonchev–Trinajstić information content (AvgIpc) is 1.84. The van der Waals surface area contributed by atoms with E-state index in [1.54, 1.807) is 0 Å². The van der Waals surface area contributed by atoms with Crippen LogP contribution in [0.15, 0.2) is 23.9 Å². The lowest BCUT2D eigenvalue weighted by Crippen LogP contribution is -2.34. The molecule has 2 N–H and O–H groups in total. The first-order valence-electron chi connectivity index (χ1n) is 3.77. The summed E-state index contributed by atoms with van der Waals surface area (Å²) >= 11 is 0. The van der Waals surface area contributed by atoms with Gasteiger partial charge in [0.05, 0.1) is 6.17 Å². The van der Waals surface area contributed by atoms with Gasteiger partial charge >= 0.3 is 0 Å². The fourth-order valence-corrected chi connectivity index (χ4v) is 0.780. The minimum Gasteiger partial charge on any atom is -0.363 e. The van der Waals surface area contributed by atoms with Crippen molar-refractivity contribution in [1.82, 2.24) is 4.90 Å². The summed E-state index contributed by atoms with van der Waals surface area (Å²) in [7, 11) is 1.97. The van der Waals surface area contributed by atoms with Crippen molar-refractivity contribution in [3.05, 3.63) is 23.9 Å². The van der Waals surface area contributed by atoms with E-state index in [1.165, 1.54) is 0 Å². The Labute approximate surface area is 69.4 Å². The minimum atomic E-state index is 0.0607. The first-order valence-corrected chi connectivity index (χ1v) is 3.77. The molecular formula is C9H18N2. The van der Waals surface area contributed by atoms with Crippen molar-refractivity contribution in [3.8, 4) is 0 Å². The molecular weight excluding hydrogens is 136 g/mol. The van der Waals surface area contributed by atoms with E-state index in [1.807, 2.05) is 38.8 Å². The third-order valence-corrected chi connectivity index (χ3v) is 1.62. The summed E-state index contributed by atoms with van der Waals surface area (Å²) in [6.45, 7) is 9.74. The van der Waals surface area contributed by atoms with Gasteiger partial charge in [0.2, 0.25) is 0 Å². The van der Waals surface area contributed by atoms with Crippen LogP contribution in [0.4, 0.5) is 0 Å². The third-order valence-electron chi connectivity index (χ3n) is 1.62. The molecule has 0 aliphatic rings. The SMILES string of the molecule is C=C(C)/C=C(/C)N(C)C(C)N. The van der Waals surface area contributed by atoms with Crippen molar-refractivity contribution >= 4 is 0 Å². The molecule has 1 unspecified atom stereocenters. The first kappa shape index (κ1) is 10.2. The number of nitrogens with two attached hydrogens (primary N) is 1. The van der Waals surface area contributed by atoms with Crippen LogP contribution in [-0.4, -0.2) is 18.1 Å². The molecule has 11 heavy (non-hydrogen) atoms. The highest BCUT2D eigenvalue weighted by Crippen LogP contribution is 2.04. The Kier molecular flexibility index (Phi) is 3.90. The quantitative estimate of drug-likeness (QED) is 0.495. The Morgan fingerprint density at radius 2 is 2.00 bits per heavy atom. The Hall–Kier alpha value is -0.760. The van der Waals surface area contributed by atoms with Gasteiger partial charge in [0.15, 0.2) is 0 Å². The highest BCUT2D eigenvalue weighted by Gasteiger charge is 2.02. The number of rotatable bonds is 3. The maximum atomic E-state index is 5.67. The normalized spacial score (nSPS) is 14.5. The van der Waals surface area contributed by atoms with Crippen LogP contribution in [0, 0.1) is 0 Å². The summed E-state index contributed by atoms with van der Waals surface area (Å²) in [5.41, 5.74) is 7.86. The molecule has 0 aliphatic heterocycles. The average molecular weight is 154 g/mol. The largest absolute Gasteiger partial charge is 0.363 e. The van der Waals surface area contributed by atoms with Gasteiger partial charge in [-0.1, -0.05) is 12.2 Å². The van der Waals surface area contributed by atoms with Crippen molar-refractivity contribution in [2.45, 2.75) is 26.9 Å². The zero-order valence-electron chi connectivity index (χ0n) is 7.89. The lowest BCUT2D eigenvalue weighted by molar-refractivity contribution is 0.331. The van der Waals surface area contributed by atoms with E-state index >= 15 is 0 Å². The van der Waals surface area contributed by atoms with Crippen LogP contribution < -0.4 is 5.73 Å². The van der Waals surface area contributed by atoms with Gasteiger partial charge in [0.1, 0.15) is 0 Å². The summed E-state index contributed by atoms with van der Waals surface area (Å²) in [4.78, 5) is 2.01. The van der Waals surface area contributed by atoms with E-state index in [4.69, 9.17) is 5.73 Å². The van der Waals surface area contributed by atoms with Crippen LogP contribution in [0.3, 0.4) is 0 Å². The molecule has 0 saturated carbocycles. The number of hydrogen-bond donors (Lipinski definition) is 1. The van der Waals surface area contributed by atoms with Gasteiger partial charge in [-0.3, -0.25) is 0 Å². The molecule has 0 radical (unpaired) electrons. The van der Waals surface area contributed by atoms with Crippen molar-refractivity contribution in [2.24, 2.45) is 5.73 Å². The van der Waals surface area contributed by atoms with Gasteiger partial charge in [-0.15, -0.1) is 0 Å². The van der Waals surface area contributed by atoms with E-state index in [2.05, 4.69) is 6.58 Å². The molecule has 0 aromatic carbocycles. The fraction of sp³-hybridized carbons (Fsp3) is 0.556. The van der Waals surface area contributed by atoms with Crippen LogP contribution in [0.25, 0.3) is 0 Å². The molecule has 0 aromatic heterocycles. The molecule has 0 amide bonds. The number of nitrogens with zero attached hydrogens (tertiary/aromatic N) is 1. The van der Waals surface area contributed by atoms with E-state index in [9.17, 15) is 0 Å². The first-order chi connectivity index (χ1) is 4.95. The third kappa shape index (κ3) is 3.83. The van der Waals surface area contributed by atoms with Crippen molar-refractivity contribution in [3.63, 3.8) is 0 Å². The lowest BCUT2D eigenvalue weighted by Gasteiger charge is -2.24. The van der Waals surface area contributed by atoms with Crippen LogP contribution in [-0.2, 0) is 0 Å². The second kappa shape index (κ2) is 4.19. The molecule has 0 saturated heterocycles. The van der Waals surface area contributed by atoms with E-state index in [0.29, 0.717) is 0 Å². The summed E-state index contributed by atoms with van der Waals surface area (Å²) in [6.07, 6.45) is 2.08. The van der Waals surface area contributed by atoms with Gasteiger partial charge in [-0.05, 0) is 26.8 Å². The molecule has 0 spiro atoms. The van der Waals surface area contributed by atoms with Crippen LogP contribution >= 0.6 is 0 Å². The van der Waals surface area contributed by atoms with Gasteiger partial charge in [-0.25, -0.2) is 0 Å². The summed E-state index contributed by atoms with van der Waals surface area (Å²) in [5, 5.41) is 0. The van der Waals surface area contributed by atoms with Crippen molar-refractivity contribution in [1.29, 1.82) is 0 Å². The molecule has 1 atom stereocenters. The molecule has 0 aliphatic carbocycles. The molecule has 0 rings (SSSR count). The topological polar surface area (TPSA) is 29.3 Å². The van der Waals surface area contributed by atoms with Crippen LogP contribution in [0.1, 0.15) is 20.8 Å². The zero-order chi connectivity index (χ0) is 9.02. The molecule has 0 aromatic rings. The minimum absolute atomic E-state index is 0.0607. The number of hydrogen-bond acceptors (Lipinski definition) is 2. The van der Waals surface area contributed by atoms with Crippen molar-refractivity contribution < 1.29 is 0 Å². The maximum Gasteiger partial charge on any atom is 0.0735 e. The van der Waals surface area contributed by atoms with Crippen molar-refractivity contribution in [2.75, 3.05) is 7.05 Å².